The Morgan fingerprint density at radius 1 is 1.42 bits per heavy atom. The van der Waals surface area contributed by atoms with Crippen LogP contribution in [0.15, 0.2) is 0 Å². The Bertz CT molecular complexity index is 130. The van der Waals surface area contributed by atoms with Crippen LogP contribution in [0.2, 0.25) is 0 Å². The predicted molar refractivity (Wildman–Crippen MR) is 51.1 cm³/mol. The fourth-order valence-corrected chi connectivity index (χ4v) is 1.93. The van der Waals surface area contributed by atoms with Gasteiger partial charge in [0.05, 0.1) is 6.61 Å². The Kier molecular flexibility index (Phi) is 3.53. The number of nitrogens with zero attached hydrogens (tertiary/aromatic N) is 1. The fourth-order valence-electron chi connectivity index (χ4n) is 1.93. The number of likely N-dealkylation sites (tertiary alicyclic amines) is 1. The predicted octanol–water partition coefficient (Wildman–Crippen LogP) is 1.35. The largest absolute Gasteiger partial charge is 0.395 e. The second-order valence-corrected chi connectivity index (χ2v) is 4.53. The Morgan fingerprint density at radius 3 is 2.33 bits per heavy atom. The molecule has 12 heavy (non-hydrogen) atoms. The number of aliphatic hydroxyl groups is 1. The van der Waals surface area contributed by atoms with Gasteiger partial charge in [0.2, 0.25) is 0 Å². The Labute approximate surface area is 75.6 Å². The van der Waals surface area contributed by atoms with Crippen molar-refractivity contribution < 1.29 is 5.11 Å². The minimum Gasteiger partial charge on any atom is -0.395 e. The SMILES string of the molecule is CC(C)CC(CO)N1CC(C)C1. The van der Waals surface area contributed by atoms with E-state index in [2.05, 4.69) is 25.7 Å². The van der Waals surface area contributed by atoms with Gasteiger partial charge in [-0.25, -0.2) is 0 Å². The molecule has 0 aromatic heterocycles. The van der Waals surface area contributed by atoms with E-state index in [1.807, 2.05) is 0 Å². The number of hydrogen-bond donors (Lipinski definition) is 1. The van der Waals surface area contributed by atoms with Crippen molar-refractivity contribution in [1.82, 2.24) is 4.90 Å². The smallest absolute Gasteiger partial charge is 0.0586 e. The molecule has 0 radical (unpaired) electrons. The molecule has 0 aliphatic carbocycles. The molecule has 1 unspecified atom stereocenters. The lowest BCUT2D eigenvalue weighted by atomic mass is 9.95. The van der Waals surface area contributed by atoms with Crippen molar-refractivity contribution in [2.75, 3.05) is 19.7 Å². The summed E-state index contributed by atoms with van der Waals surface area (Å²) >= 11 is 0. The van der Waals surface area contributed by atoms with Crippen molar-refractivity contribution in [3.63, 3.8) is 0 Å². The Balaban J connectivity index is 2.26. The molecule has 1 aliphatic rings. The highest BCUT2D eigenvalue weighted by Gasteiger charge is 2.28. The summed E-state index contributed by atoms with van der Waals surface area (Å²) in [6.45, 7) is 9.37. The maximum Gasteiger partial charge on any atom is 0.0586 e. The molecule has 0 amide bonds. The van der Waals surface area contributed by atoms with Crippen LogP contribution in [0.25, 0.3) is 0 Å². The third-order valence-electron chi connectivity index (χ3n) is 2.56. The van der Waals surface area contributed by atoms with Crippen molar-refractivity contribution in [1.29, 1.82) is 0 Å². The highest BCUT2D eigenvalue weighted by atomic mass is 16.3. The van der Waals surface area contributed by atoms with Crippen molar-refractivity contribution in [2.45, 2.75) is 33.2 Å². The van der Waals surface area contributed by atoms with Gasteiger partial charge >= 0.3 is 0 Å². The molecule has 2 heteroatoms. The van der Waals surface area contributed by atoms with Gasteiger partial charge < -0.3 is 5.11 Å². The average Bonchev–Trinajstić information content (AvgIpc) is 1.94. The molecule has 1 N–H and O–H groups in total. The van der Waals surface area contributed by atoms with Gasteiger partial charge in [0.25, 0.3) is 0 Å². The number of rotatable bonds is 4. The maximum absolute atomic E-state index is 9.15. The molecule has 2 nitrogen and oxygen atoms in total. The molecule has 0 bridgehead atoms. The van der Waals surface area contributed by atoms with Crippen molar-refractivity contribution >= 4 is 0 Å². The van der Waals surface area contributed by atoms with Crippen molar-refractivity contribution in [3.8, 4) is 0 Å². The van der Waals surface area contributed by atoms with Gasteiger partial charge in [-0.3, -0.25) is 4.90 Å². The van der Waals surface area contributed by atoms with Crippen LogP contribution in [0.1, 0.15) is 27.2 Å². The molecular formula is C10H21NO. The monoisotopic (exact) mass is 171 g/mol. The van der Waals surface area contributed by atoms with E-state index in [4.69, 9.17) is 5.11 Å². The van der Waals surface area contributed by atoms with Gasteiger partial charge in [0.1, 0.15) is 0 Å². The molecule has 0 spiro atoms. The standard InChI is InChI=1S/C10H21NO/c1-8(2)4-10(7-12)11-5-9(3)6-11/h8-10,12H,4-7H2,1-3H3. The lowest BCUT2D eigenvalue weighted by Crippen LogP contribution is -2.52. The van der Waals surface area contributed by atoms with E-state index in [9.17, 15) is 0 Å². The minimum absolute atomic E-state index is 0.324. The topological polar surface area (TPSA) is 23.5 Å². The highest BCUT2D eigenvalue weighted by molar-refractivity contribution is 4.83. The van der Waals surface area contributed by atoms with Crippen LogP contribution in [0.5, 0.6) is 0 Å². The van der Waals surface area contributed by atoms with Crippen LogP contribution in [-0.2, 0) is 0 Å². The second-order valence-electron chi connectivity index (χ2n) is 4.53. The molecule has 1 saturated heterocycles. The van der Waals surface area contributed by atoms with E-state index in [0.717, 1.165) is 12.3 Å². The summed E-state index contributed by atoms with van der Waals surface area (Å²) in [5.41, 5.74) is 0. The molecule has 72 valence electrons. The summed E-state index contributed by atoms with van der Waals surface area (Å²) < 4.78 is 0. The first kappa shape index (κ1) is 10.0. The van der Waals surface area contributed by atoms with Gasteiger partial charge in [0.15, 0.2) is 0 Å². The zero-order valence-corrected chi connectivity index (χ0v) is 8.45. The third-order valence-corrected chi connectivity index (χ3v) is 2.56. The molecule has 0 saturated carbocycles. The average molecular weight is 171 g/mol. The van der Waals surface area contributed by atoms with Crippen LogP contribution >= 0.6 is 0 Å². The highest BCUT2D eigenvalue weighted by Crippen LogP contribution is 2.21. The molecule has 1 aliphatic heterocycles. The molecule has 0 aromatic rings. The number of aliphatic hydroxyl groups excluding tert-OH is 1. The summed E-state index contributed by atoms with van der Waals surface area (Å²) in [7, 11) is 0. The molecule has 0 aromatic carbocycles. The molecule has 1 rings (SSSR count). The third kappa shape index (κ3) is 2.46. The zero-order valence-electron chi connectivity index (χ0n) is 8.45. The van der Waals surface area contributed by atoms with Crippen LogP contribution in [0.3, 0.4) is 0 Å². The lowest BCUT2D eigenvalue weighted by Gasteiger charge is -2.43. The van der Waals surface area contributed by atoms with Gasteiger partial charge in [-0.05, 0) is 18.3 Å². The van der Waals surface area contributed by atoms with E-state index in [1.54, 1.807) is 0 Å². The lowest BCUT2D eigenvalue weighted by molar-refractivity contribution is 0.0220. The number of hydrogen-bond acceptors (Lipinski definition) is 2. The summed E-state index contributed by atoms with van der Waals surface area (Å²) in [5, 5.41) is 9.15. The van der Waals surface area contributed by atoms with E-state index >= 15 is 0 Å². The van der Waals surface area contributed by atoms with Crippen LogP contribution < -0.4 is 0 Å². The van der Waals surface area contributed by atoms with E-state index in [1.165, 1.54) is 13.1 Å². The van der Waals surface area contributed by atoms with E-state index in [0.29, 0.717) is 18.6 Å². The van der Waals surface area contributed by atoms with Gasteiger partial charge in [0, 0.05) is 19.1 Å². The summed E-state index contributed by atoms with van der Waals surface area (Å²) in [6.07, 6.45) is 1.13. The summed E-state index contributed by atoms with van der Waals surface area (Å²) in [5.74, 6) is 1.53. The minimum atomic E-state index is 0.324. The van der Waals surface area contributed by atoms with Crippen LogP contribution in [-0.4, -0.2) is 35.7 Å². The first-order chi connectivity index (χ1) is 5.63. The second kappa shape index (κ2) is 4.24. The molecule has 1 fully saturated rings. The normalized spacial score (nSPS) is 22.8. The Morgan fingerprint density at radius 2 is 2.00 bits per heavy atom. The van der Waals surface area contributed by atoms with Crippen molar-refractivity contribution in [2.24, 2.45) is 11.8 Å². The fraction of sp³-hybridized carbons (Fsp3) is 1.00. The van der Waals surface area contributed by atoms with E-state index < -0.39 is 0 Å². The van der Waals surface area contributed by atoms with Gasteiger partial charge in [-0.2, -0.15) is 0 Å². The van der Waals surface area contributed by atoms with E-state index in [-0.39, 0.29) is 0 Å². The first-order valence-corrected chi connectivity index (χ1v) is 4.98. The van der Waals surface area contributed by atoms with Gasteiger partial charge in [-0.15, -0.1) is 0 Å². The van der Waals surface area contributed by atoms with Crippen molar-refractivity contribution in [3.05, 3.63) is 0 Å². The summed E-state index contributed by atoms with van der Waals surface area (Å²) in [4.78, 5) is 2.39. The van der Waals surface area contributed by atoms with Gasteiger partial charge in [-0.1, -0.05) is 20.8 Å². The first-order valence-electron chi connectivity index (χ1n) is 4.98. The molecular weight excluding hydrogens is 150 g/mol. The quantitative estimate of drug-likeness (QED) is 0.690. The zero-order chi connectivity index (χ0) is 9.14. The van der Waals surface area contributed by atoms with Crippen LogP contribution in [0, 0.1) is 11.8 Å². The molecule has 1 atom stereocenters. The molecule has 1 heterocycles. The Hall–Kier alpha value is -0.0800. The summed E-state index contributed by atoms with van der Waals surface area (Å²) in [6, 6.07) is 0.418. The van der Waals surface area contributed by atoms with Crippen LogP contribution in [0.4, 0.5) is 0 Å². The maximum atomic E-state index is 9.15.